The van der Waals surface area contributed by atoms with E-state index in [1.54, 1.807) is 35.2 Å². The van der Waals surface area contributed by atoms with E-state index in [2.05, 4.69) is 4.72 Å². The van der Waals surface area contributed by atoms with Crippen molar-refractivity contribution < 1.29 is 17.9 Å². The maximum atomic E-state index is 13.0. The molecule has 4 rings (SSSR count). The molecule has 2 aliphatic rings. The zero-order chi connectivity index (χ0) is 21.5. The summed E-state index contributed by atoms with van der Waals surface area (Å²) in [7, 11) is -3.74. The van der Waals surface area contributed by atoms with E-state index in [4.69, 9.17) is 4.74 Å². The lowest BCUT2D eigenvalue weighted by atomic mass is 9.92. The third-order valence-electron chi connectivity index (χ3n) is 5.86. The van der Waals surface area contributed by atoms with Crippen molar-refractivity contribution in [1.82, 2.24) is 0 Å². The molecule has 0 unspecified atom stereocenters. The quantitative estimate of drug-likeness (QED) is 0.794. The van der Waals surface area contributed by atoms with Crippen LogP contribution in [0.5, 0.6) is 5.75 Å². The number of carbonyl (C=O) groups is 1. The number of aryl methyl sites for hydroxylation is 2. The number of carbonyl (C=O) groups excluding carboxylic acids is 1. The number of rotatable bonds is 4. The zero-order valence-electron chi connectivity index (χ0n) is 17.7. The van der Waals surface area contributed by atoms with E-state index in [0.717, 1.165) is 31.2 Å². The first-order valence-electron chi connectivity index (χ1n) is 10.4. The lowest BCUT2D eigenvalue weighted by Gasteiger charge is -2.27. The number of nitrogens with zero attached hydrogens (tertiary/aromatic N) is 1. The second kappa shape index (κ2) is 7.61. The largest absolute Gasteiger partial charge is 0.490 e. The van der Waals surface area contributed by atoms with E-state index in [1.165, 1.54) is 5.56 Å². The van der Waals surface area contributed by atoms with Gasteiger partial charge in [-0.3, -0.25) is 9.52 Å². The van der Waals surface area contributed by atoms with Crippen LogP contribution in [-0.2, 0) is 27.7 Å². The van der Waals surface area contributed by atoms with Crippen molar-refractivity contribution >= 4 is 27.3 Å². The minimum absolute atomic E-state index is 0.0431. The molecule has 0 saturated carbocycles. The second-order valence-corrected chi connectivity index (χ2v) is 10.3. The minimum atomic E-state index is -3.74. The van der Waals surface area contributed by atoms with Crippen LogP contribution in [0.3, 0.4) is 0 Å². The Morgan fingerprint density at radius 3 is 2.53 bits per heavy atom. The summed E-state index contributed by atoms with van der Waals surface area (Å²) in [5, 5.41) is 0. The first kappa shape index (κ1) is 20.7. The molecule has 160 valence electrons. The van der Waals surface area contributed by atoms with Gasteiger partial charge in [0.2, 0.25) is 5.91 Å². The summed E-state index contributed by atoms with van der Waals surface area (Å²) in [5.41, 5.74) is 2.68. The van der Waals surface area contributed by atoms with Crippen LogP contribution < -0.4 is 14.4 Å². The Labute approximate surface area is 178 Å². The lowest BCUT2D eigenvalue weighted by molar-refractivity contribution is -0.127. The predicted molar refractivity (Wildman–Crippen MR) is 118 cm³/mol. The summed E-state index contributed by atoms with van der Waals surface area (Å²) in [5.74, 6) is 0.533. The normalized spacial score (nSPS) is 18.1. The third kappa shape index (κ3) is 3.78. The van der Waals surface area contributed by atoms with Crippen LogP contribution in [0.1, 0.15) is 44.7 Å². The summed E-state index contributed by atoms with van der Waals surface area (Å²) in [6, 6.07) is 10.4. The molecule has 0 radical (unpaired) electrons. The summed E-state index contributed by atoms with van der Waals surface area (Å²) in [6.45, 7) is 6.34. The van der Waals surface area contributed by atoms with Crippen LogP contribution in [0, 0.1) is 5.41 Å². The fourth-order valence-electron chi connectivity index (χ4n) is 4.11. The van der Waals surface area contributed by atoms with Gasteiger partial charge in [0.05, 0.1) is 21.7 Å². The SMILES string of the molecule is CCN1C(=O)C(C)(C)COc2ccc(NS(=O)(=O)c3ccc4c(c3)CCCC4)cc21. The average Bonchev–Trinajstić information content (AvgIpc) is 2.81. The van der Waals surface area contributed by atoms with Gasteiger partial charge in [-0.1, -0.05) is 6.07 Å². The maximum absolute atomic E-state index is 13.0. The van der Waals surface area contributed by atoms with Crippen molar-refractivity contribution in [3.63, 3.8) is 0 Å². The van der Waals surface area contributed by atoms with E-state index in [0.29, 0.717) is 23.7 Å². The molecule has 1 amide bonds. The van der Waals surface area contributed by atoms with Crippen LogP contribution in [0.25, 0.3) is 0 Å². The standard InChI is InChI=1S/C23H28N2O4S/c1-4-25-20-14-18(10-12-21(20)29-15-23(2,3)22(25)26)24-30(27,28)19-11-9-16-7-5-6-8-17(16)13-19/h9-14,24H,4-8,15H2,1-3H3. The van der Waals surface area contributed by atoms with E-state index in [9.17, 15) is 13.2 Å². The number of hydrogen-bond donors (Lipinski definition) is 1. The van der Waals surface area contributed by atoms with Crippen LogP contribution in [0.2, 0.25) is 0 Å². The highest BCUT2D eigenvalue weighted by Crippen LogP contribution is 2.38. The van der Waals surface area contributed by atoms with Crippen molar-refractivity contribution in [2.45, 2.75) is 51.3 Å². The number of fused-ring (bicyclic) bond motifs is 2. The average molecular weight is 429 g/mol. The molecule has 2 aromatic carbocycles. The van der Waals surface area contributed by atoms with Crippen LogP contribution in [0.15, 0.2) is 41.3 Å². The van der Waals surface area contributed by atoms with Gasteiger partial charge in [0.25, 0.3) is 10.0 Å². The Bertz CT molecular complexity index is 1090. The van der Waals surface area contributed by atoms with Crippen molar-refractivity contribution in [3.05, 3.63) is 47.5 Å². The second-order valence-electron chi connectivity index (χ2n) is 8.65. The maximum Gasteiger partial charge on any atom is 0.261 e. The van der Waals surface area contributed by atoms with E-state index >= 15 is 0 Å². The smallest absolute Gasteiger partial charge is 0.261 e. The molecule has 0 aromatic heterocycles. The third-order valence-corrected chi connectivity index (χ3v) is 7.24. The Morgan fingerprint density at radius 2 is 1.80 bits per heavy atom. The van der Waals surface area contributed by atoms with Gasteiger partial charge < -0.3 is 9.64 Å². The van der Waals surface area contributed by atoms with Crippen LogP contribution in [-0.4, -0.2) is 27.5 Å². The van der Waals surface area contributed by atoms with Crippen molar-refractivity contribution in [3.8, 4) is 5.75 Å². The van der Waals surface area contributed by atoms with Gasteiger partial charge in [-0.2, -0.15) is 0 Å². The number of hydrogen-bond acceptors (Lipinski definition) is 4. The van der Waals surface area contributed by atoms with Crippen molar-refractivity contribution in [2.24, 2.45) is 5.41 Å². The number of anilines is 2. The molecule has 1 aliphatic carbocycles. The van der Waals surface area contributed by atoms with Gasteiger partial charge in [0.1, 0.15) is 12.4 Å². The van der Waals surface area contributed by atoms with E-state index < -0.39 is 15.4 Å². The molecule has 1 N–H and O–H groups in total. The van der Waals surface area contributed by atoms with Crippen LogP contribution >= 0.6 is 0 Å². The van der Waals surface area contributed by atoms with Crippen LogP contribution in [0.4, 0.5) is 11.4 Å². The number of benzene rings is 2. The van der Waals surface area contributed by atoms with Crippen molar-refractivity contribution in [2.75, 3.05) is 22.8 Å². The molecule has 7 heteroatoms. The predicted octanol–water partition coefficient (Wildman–Crippen LogP) is 4.14. The Kier molecular flexibility index (Phi) is 5.26. The Hall–Kier alpha value is -2.54. The fraction of sp³-hybridized carbons (Fsp3) is 0.435. The molecule has 0 atom stereocenters. The number of sulfonamides is 1. The first-order valence-corrected chi connectivity index (χ1v) is 11.9. The molecule has 0 saturated heterocycles. The van der Waals surface area contributed by atoms with Gasteiger partial charge in [-0.05, 0) is 87.9 Å². The Balaban J connectivity index is 1.65. The summed E-state index contributed by atoms with van der Waals surface area (Å²) < 4.78 is 34.6. The number of amides is 1. The molecule has 0 spiro atoms. The Morgan fingerprint density at radius 1 is 1.07 bits per heavy atom. The van der Waals surface area contributed by atoms with E-state index in [1.807, 2.05) is 26.8 Å². The van der Waals surface area contributed by atoms with Crippen molar-refractivity contribution in [1.29, 1.82) is 0 Å². The summed E-state index contributed by atoms with van der Waals surface area (Å²) in [6.07, 6.45) is 4.16. The summed E-state index contributed by atoms with van der Waals surface area (Å²) in [4.78, 5) is 14.8. The molecule has 2 aromatic rings. The van der Waals surface area contributed by atoms with Gasteiger partial charge in [0.15, 0.2) is 0 Å². The molecule has 0 fully saturated rings. The molecular weight excluding hydrogens is 400 g/mol. The number of nitrogens with one attached hydrogen (secondary N) is 1. The van der Waals surface area contributed by atoms with E-state index in [-0.39, 0.29) is 17.4 Å². The molecule has 0 bridgehead atoms. The minimum Gasteiger partial charge on any atom is -0.490 e. The summed E-state index contributed by atoms with van der Waals surface area (Å²) >= 11 is 0. The number of ether oxygens (including phenoxy) is 1. The highest BCUT2D eigenvalue weighted by Gasteiger charge is 2.37. The monoisotopic (exact) mass is 428 g/mol. The first-order chi connectivity index (χ1) is 14.2. The highest BCUT2D eigenvalue weighted by atomic mass is 32.2. The molecule has 1 heterocycles. The topological polar surface area (TPSA) is 75.7 Å². The zero-order valence-corrected chi connectivity index (χ0v) is 18.5. The molecule has 1 aliphatic heterocycles. The lowest BCUT2D eigenvalue weighted by Crippen LogP contribution is -2.42. The molecule has 30 heavy (non-hydrogen) atoms. The van der Waals surface area contributed by atoms with Gasteiger partial charge >= 0.3 is 0 Å². The fourth-order valence-corrected chi connectivity index (χ4v) is 5.21. The molecule has 6 nitrogen and oxygen atoms in total. The van der Waals surface area contributed by atoms with Gasteiger partial charge in [0, 0.05) is 6.54 Å². The highest BCUT2D eigenvalue weighted by molar-refractivity contribution is 7.92. The van der Waals surface area contributed by atoms with Gasteiger partial charge in [-0.15, -0.1) is 0 Å². The van der Waals surface area contributed by atoms with Gasteiger partial charge in [-0.25, -0.2) is 8.42 Å². The molecular formula is C23H28N2O4S.